The Morgan fingerprint density at radius 2 is 2.07 bits per heavy atom. The summed E-state index contributed by atoms with van der Waals surface area (Å²) in [6.45, 7) is 3.99. The van der Waals surface area contributed by atoms with Gasteiger partial charge in [0.05, 0.1) is 0 Å². The molecule has 148 valence electrons. The average molecular weight is 392 g/mol. The molecular formula is C18H19F3N6O. The SMILES string of the molecule is CC[C@H](C)C(=O)Nc1cccc(CNc2cc(C(F)(F)F)nc3ncnn23)c1. The highest BCUT2D eigenvalue weighted by molar-refractivity contribution is 5.92. The molecule has 0 aliphatic heterocycles. The van der Waals surface area contributed by atoms with E-state index < -0.39 is 11.9 Å². The molecule has 0 aliphatic rings. The smallest absolute Gasteiger partial charge is 0.366 e. The molecule has 1 atom stereocenters. The van der Waals surface area contributed by atoms with Crippen LogP contribution in [0.5, 0.6) is 0 Å². The number of hydrogen-bond acceptors (Lipinski definition) is 5. The van der Waals surface area contributed by atoms with E-state index in [9.17, 15) is 18.0 Å². The van der Waals surface area contributed by atoms with E-state index in [1.807, 2.05) is 13.8 Å². The first kappa shape index (κ1) is 19.6. The molecule has 2 N–H and O–H groups in total. The van der Waals surface area contributed by atoms with Crippen molar-refractivity contribution >= 4 is 23.2 Å². The quantitative estimate of drug-likeness (QED) is 0.668. The lowest BCUT2D eigenvalue weighted by Crippen LogP contribution is -2.19. The molecule has 0 radical (unpaired) electrons. The van der Waals surface area contributed by atoms with Gasteiger partial charge in [0.15, 0.2) is 5.69 Å². The second kappa shape index (κ2) is 7.83. The van der Waals surface area contributed by atoms with Gasteiger partial charge in [0, 0.05) is 24.2 Å². The van der Waals surface area contributed by atoms with E-state index in [1.54, 1.807) is 24.3 Å². The third-order valence-corrected chi connectivity index (χ3v) is 4.27. The molecule has 1 aromatic carbocycles. The van der Waals surface area contributed by atoms with Crippen molar-refractivity contribution in [2.24, 2.45) is 5.92 Å². The van der Waals surface area contributed by atoms with Crippen LogP contribution in [0.4, 0.5) is 24.7 Å². The number of amides is 1. The lowest BCUT2D eigenvalue weighted by molar-refractivity contribution is -0.141. The summed E-state index contributed by atoms with van der Waals surface area (Å²) in [4.78, 5) is 19.2. The number of fused-ring (bicyclic) bond motifs is 1. The second-order valence-corrected chi connectivity index (χ2v) is 6.35. The first-order valence-electron chi connectivity index (χ1n) is 8.69. The highest BCUT2D eigenvalue weighted by Crippen LogP contribution is 2.29. The van der Waals surface area contributed by atoms with Crippen molar-refractivity contribution in [3.63, 3.8) is 0 Å². The molecule has 3 rings (SSSR count). The van der Waals surface area contributed by atoms with Crippen molar-refractivity contribution in [2.75, 3.05) is 10.6 Å². The molecule has 0 aliphatic carbocycles. The number of alkyl halides is 3. The Balaban J connectivity index is 1.78. The number of carbonyl (C=O) groups is 1. The second-order valence-electron chi connectivity index (χ2n) is 6.35. The minimum absolute atomic E-state index is 0.0825. The first-order chi connectivity index (χ1) is 13.3. The molecule has 28 heavy (non-hydrogen) atoms. The van der Waals surface area contributed by atoms with Gasteiger partial charge in [0.25, 0.3) is 5.78 Å². The molecule has 0 bridgehead atoms. The van der Waals surface area contributed by atoms with E-state index in [1.165, 1.54) is 4.52 Å². The summed E-state index contributed by atoms with van der Waals surface area (Å²) in [6.07, 6.45) is -2.73. The predicted octanol–water partition coefficient (Wildman–Crippen LogP) is 3.74. The Morgan fingerprint density at radius 1 is 1.29 bits per heavy atom. The van der Waals surface area contributed by atoms with E-state index >= 15 is 0 Å². The van der Waals surface area contributed by atoms with E-state index in [-0.39, 0.29) is 30.0 Å². The van der Waals surface area contributed by atoms with Gasteiger partial charge in [0.1, 0.15) is 12.1 Å². The fraction of sp³-hybridized carbons (Fsp3) is 0.333. The number of hydrogen-bond donors (Lipinski definition) is 2. The van der Waals surface area contributed by atoms with Gasteiger partial charge in [-0.3, -0.25) is 4.79 Å². The average Bonchev–Trinajstić information content (AvgIpc) is 3.13. The number of aromatic nitrogens is 4. The molecule has 0 saturated heterocycles. The van der Waals surface area contributed by atoms with Crippen molar-refractivity contribution in [1.29, 1.82) is 0 Å². The molecule has 7 nitrogen and oxygen atoms in total. The monoisotopic (exact) mass is 392 g/mol. The van der Waals surface area contributed by atoms with Crippen LogP contribution in [-0.4, -0.2) is 25.5 Å². The fourth-order valence-electron chi connectivity index (χ4n) is 2.49. The number of rotatable bonds is 6. The van der Waals surface area contributed by atoms with Crippen LogP contribution >= 0.6 is 0 Å². The summed E-state index contributed by atoms with van der Waals surface area (Å²) in [7, 11) is 0. The zero-order valence-corrected chi connectivity index (χ0v) is 15.3. The van der Waals surface area contributed by atoms with Gasteiger partial charge >= 0.3 is 6.18 Å². The third kappa shape index (κ3) is 4.38. The highest BCUT2D eigenvalue weighted by atomic mass is 19.4. The van der Waals surface area contributed by atoms with Crippen LogP contribution in [0.15, 0.2) is 36.7 Å². The molecule has 0 fully saturated rings. The Kier molecular flexibility index (Phi) is 5.48. The summed E-state index contributed by atoms with van der Waals surface area (Å²) < 4.78 is 40.3. The Hall–Kier alpha value is -3.17. The van der Waals surface area contributed by atoms with Crippen LogP contribution in [0.3, 0.4) is 0 Å². The summed E-state index contributed by atoms with van der Waals surface area (Å²) >= 11 is 0. The van der Waals surface area contributed by atoms with Crippen LogP contribution in [0, 0.1) is 5.92 Å². The molecular weight excluding hydrogens is 373 g/mol. The number of nitrogens with one attached hydrogen (secondary N) is 2. The zero-order chi connectivity index (χ0) is 20.3. The molecule has 3 aromatic rings. The van der Waals surface area contributed by atoms with Gasteiger partial charge in [-0.25, -0.2) is 4.98 Å². The molecule has 0 saturated carbocycles. The highest BCUT2D eigenvalue weighted by Gasteiger charge is 2.34. The van der Waals surface area contributed by atoms with E-state index in [0.29, 0.717) is 5.69 Å². The lowest BCUT2D eigenvalue weighted by Gasteiger charge is -2.13. The summed E-state index contributed by atoms with van der Waals surface area (Å²) in [5, 5.41) is 9.65. The largest absolute Gasteiger partial charge is 0.433 e. The maximum atomic E-state index is 13.0. The van der Waals surface area contributed by atoms with Gasteiger partial charge in [-0.15, -0.1) is 0 Å². The van der Waals surface area contributed by atoms with Gasteiger partial charge in [-0.05, 0) is 24.1 Å². The standard InChI is InChI=1S/C18H19F3N6O/c1-3-11(2)16(28)25-13-6-4-5-12(7-13)9-22-15-8-14(18(19,20)21)26-17-23-10-24-27(15)17/h4-8,10-11,22H,3,9H2,1-2H3,(H,25,28)/t11-/m0/s1. The van der Waals surface area contributed by atoms with Crippen molar-refractivity contribution in [3.8, 4) is 0 Å². The van der Waals surface area contributed by atoms with Crippen molar-refractivity contribution in [1.82, 2.24) is 19.6 Å². The first-order valence-corrected chi connectivity index (χ1v) is 8.69. The molecule has 0 unspecified atom stereocenters. The van der Waals surface area contributed by atoms with E-state index in [2.05, 4.69) is 25.7 Å². The molecule has 2 heterocycles. The summed E-state index contributed by atoms with van der Waals surface area (Å²) in [5.41, 5.74) is 0.354. The summed E-state index contributed by atoms with van der Waals surface area (Å²) in [5.74, 6) is -0.225. The molecule has 2 aromatic heterocycles. The van der Waals surface area contributed by atoms with Crippen molar-refractivity contribution in [2.45, 2.75) is 33.0 Å². The van der Waals surface area contributed by atoms with E-state index in [0.717, 1.165) is 24.4 Å². The van der Waals surface area contributed by atoms with Crippen LogP contribution in [0.1, 0.15) is 31.5 Å². The normalized spacial score (nSPS) is 12.8. The van der Waals surface area contributed by atoms with E-state index in [4.69, 9.17) is 0 Å². The Morgan fingerprint density at radius 3 is 2.79 bits per heavy atom. The van der Waals surface area contributed by atoms with Gasteiger partial charge in [-0.2, -0.15) is 27.8 Å². The van der Waals surface area contributed by atoms with Crippen LogP contribution in [-0.2, 0) is 17.5 Å². The number of halogens is 3. The van der Waals surface area contributed by atoms with Crippen molar-refractivity contribution in [3.05, 3.63) is 47.9 Å². The number of carbonyl (C=O) groups excluding carboxylic acids is 1. The van der Waals surface area contributed by atoms with Crippen molar-refractivity contribution < 1.29 is 18.0 Å². The van der Waals surface area contributed by atoms with Crippen LogP contribution in [0.25, 0.3) is 5.78 Å². The Labute approximate surface area is 159 Å². The number of anilines is 2. The van der Waals surface area contributed by atoms with Crippen LogP contribution in [0.2, 0.25) is 0 Å². The third-order valence-electron chi connectivity index (χ3n) is 4.27. The zero-order valence-electron chi connectivity index (χ0n) is 15.3. The predicted molar refractivity (Wildman–Crippen MR) is 97.6 cm³/mol. The number of benzene rings is 1. The van der Waals surface area contributed by atoms with Gasteiger partial charge in [0.2, 0.25) is 5.91 Å². The molecule has 1 amide bonds. The maximum absolute atomic E-state index is 13.0. The van der Waals surface area contributed by atoms with Gasteiger partial charge < -0.3 is 10.6 Å². The minimum Gasteiger partial charge on any atom is -0.366 e. The molecule has 0 spiro atoms. The minimum atomic E-state index is -4.59. The lowest BCUT2D eigenvalue weighted by atomic mass is 10.1. The molecule has 10 heteroatoms. The van der Waals surface area contributed by atoms with Crippen LogP contribution < -0.4 is 10.6 Å². The summed E-state index contributed by atoms with van der Waals surface area (Å²) in [6, 6.07) is 7.97. The van der Waals surface area contributed by atoms with Gasteiger partial charge in [-0.1, -0.05) is 26.0 Å². The fourth-order valence-corrected chi connectivity index (χ4v) is 2.49. The maximum Gasteiger partial charge on any atom is 0.433 e. The Bertz CT molecular complexity index is 985. The number of nitrogens with zero attached hydrogens (tertiary/aromatic N) is 4. The topological polar surface area (TPSA) is 84.2 Å².